The molecule has 6 heteroatoms. The highest BCUT2D eigenvalue weighted by molar-refractivity contribution is 6.28. The molecule has 0 atom stereocenters. The van der Waals surface area contributed by atoms with Gasteiger partial charge in [0.2, 0.25) is 5.28 Å². The fourth-order valence-electron chi connectivity index (χ4n) is 4.11. The van der Waals surface area contributed by atoms with Crippen LogP contribution in [0.15, 0.2) is 121 Å². The largest absolute Gasteiger partial charge is 0.226 e. The lowest BCUT2D eigenvalue weighted by Gasteiger charge is -2.10. The zero-order chi connectivity index (χ0) is 25.0. The first-order valence-corrected chi connectivity index (χ1v) is 12.2. The predicted octanol–water partition coefficient (Wildman–Crippen LogP) is 7.65. The first-order chi connectivity index (χ1) is 18.2. The monoisotopic (exact) mass is 497 g/mol. The molecule has 4 aromatic carbocycles. The van der Waals surface area contributed by atoms with E-state index in [2.05, 4.69) is 46.4 Å². The quantitative estimate of drug-likeness (QED) is 0.229. The van der Waals surface area contributed by atoms with Crippen molar-refractivity contribution < 1.29 is 0 Å². The summed E-state index contributed by atoms with van der Waals surface area (Å²) >= 11 is 6.02. The van der Waals surface area contributed by atoms with E-state index in [-0.39, 0.29) is 5.28 Å². The number of hydrogen-bond acceptors (Lipinski definition) is 5. The molecule has 0 fully saturated rings. The Hall–Kier alpha value is -4.74. The van der Waals surface area contributed by atoms with Crippen LogP contribution >= 0.6 is 11.6 Å². The maximum absolute atomic E-state index is 6.02. The SMILES string of the molecule is Clc1nccc(-c2cccc(-c3nc(-c4ccccc4)nc(-c4ccc(-c5ccccc5)cc4)n3)c2)n1. The molecular weight excluding hydrogens is 478 g/mol. The van der Waals surface area contributed by atoms with Crippen LogP contribution < -0.4 is 0 Å². The van der Waals surface area contributed by atoms with Crippen LogP contribution in [0.1, 0.15) is 0 Å². The molecule has 0 spiro atoms. The summed E-state index contributed by atoms with van der Waals surface area (Å²) in [4.78, 5) is 22.9. The lowest BCUT2D eigenvalue weighted by Crippen LogP contribution is -2.00. The lowest BCUT2D eigenvalue weighted by molar-refractivity contribution is 1.07. The van der Waals surface area contributed by atoms with Gasteiger partial charge < -0.3 is 0 Å². The molecule has 176 valence electrons. The molecule has 0 radical (unpaired) electrons. The topological polar surface area (TPSA) is 64.5 Å². The van der Waals surface area contributed by atoms with Crippen LogP contribution in [0.3, 0.4) is 0 Å². The summed E-state index contributed by atoms with van der Waals surface area (Å²) in [5.41, 5.74) is 6.63. The first kappa shape index (κ1) is 22.7. The van der Waals surface area contributed by atoms with Crippen LogP contribution in [-0.2, 0) is 0 Å². The number of aromatic nitrogens is 5. The number of hydrogen-bond donors (Lipinski definition) is 0. The predicted molar refractivity (Wildman–Crippen MR) is 148 cm³/mol. The molecule has 37 heavy (non-hydrogen) atoms. The van der Waals surface area contributed by atoms with Crippen molar-refractivity contribution in [3.63, 3.8) is 0 Å². The molecule has 2 aromatic heterocycles. The van der Waals surface area contributed by atoms with Crippen molar-refractivity contribution in [2.45, 2.75) is 0 Å². The molecule has 0 aliphatic rings. The minimum absolute atomic E-state index is 0.204. The molecule has 2 heterocycles. The van der Waals surface area contributed by atoms with E-state index in [0.717, 1.165) is 39.1 Å². The second-order valence-corrected chi connectivity index (χ2v) is 8.75. The molecule has 5 nitrogen and oxygen atoms in total. The van der Waals surface area contributed by atoms with Gasteiger partial charge in [-0.25, -0.2) is 24.9 Å². The minimum Gasteiger partial charge on any atom is -0.226 e. The van der Waals surface area contributed by atoms with E-state index in [1.807, 2.05) is 78.9 Å². The summed E-state index contributed by atoms with van der Waals surface area (Å²) < 4.78 is 0. The summed E-state index contributed by atoms with van der Waals surface area (Å²) in [6.07, 6.45) is 1.64. The van der Waals surface area contributed by atoms with Crippen molar-refractivity contribution in [2.24, 2.45) is 0 Å². The molecule has 0 saturated carbocycles. The van der Waals surface area contributed by atoms with Gasteiger partial charge in [-0.15, -0.1) is 0 Å². The molecule has 0 unspecified atom stereocenters. The van der Waals surface area contributed by atoms with Crippen LogP contribution in [0.25, 0.3) is 56.5 Å². The van der Waals surface area contributed by atoms with Crippen molar-refractivity contribution in [2.75, 3.05) is 0 Å². The second kappa shape index (κ2) is 10.1. The average Bonchev–Trinajstić information content (AvgIpc) is 2.98. The molecular formula is C31H20ClN5. The van der Waals surface area contributed by atoms with E-state index in [4.69, 9.17) is 26.6 Å². The zero-order valence-electron chi connectivity index (χ0n) is 19.7. The van der Waals surface area contributed by atoms with Gasteiger partial charge in [0.1, 0.15) is 0 Å². The highest BCUT2D eigenvalue weighted by Gasteiger charge is 2.13. The van der Waals surface area contributed by atoms with E-state index < -0.39 is 0 Å². The molecule has 6 rings (SSSR count). The van der Waals surface area contributed by atoms with Gasteiger partial charge in [-0.3, -0.25) is 0 Å². The van der Waals surface area contributed by atoms with Gasteiger partial charge >= 0.3 is 0 Å². The van der Waals surface area contributed by atoms with E-state index >= 15 is 0 Å². The highest BCUT2D eigenvalue weighted by atomic mass is 35.5. The Morgan fingerprint density at radius 2 is 0.892 bits per heavy atom. The maximum atomic E-state index is 6.02. The van der Waals surface area contributed by atoms with Crippen LogP contribution in [0.2, 0.25) is 5.28 Å². The van der Waals surface area contributed by atoms with Gasteiger partial charge in [-0.2, -0.15) is 0 Å². The van der Waals surface area contributed by atoms with Crippen molar-refractivity contribution in [1.29, 1.82) is 0 Å². The molecule has 0 bridgehead atoms. The zero-order valence-corrected chi connectivity index (χ0v) is 20.4. The van der Waals surface area contributed by atoms with E-state index in [1.165, 1.54) is 0 Å². The molecule has 0 aliphatic carbocycles. The molecule has 6 aromatic rings. The molecule has 0 saturated heterocycles. The third-order valence-corrected chi connectivity index (χ3v) is 6.14. The number of halogens is 1. The Morgan fingerprint density at radius 3 is 1.54 bits per heavy atom. The van der Waals surface area contributed by atoms with Crippen molar-refractivity contribution in [3.05, 3.63) is 127 Å². The van der Waals surface area contributed by atoms with Gasteiger partial charge in [-0.1, -0.05) is 103 Å². The Morgan fingerprint density at radius 1 is 0.405 bits per heavy atom. The summed E-state index contributed by atoms with van der Waals surface area (Å²) in [5.74, 6) is 1.81. The first-order valence-electron chi connectivity index (χ1n) is 11.8. The lowest BCUT2D eigenvalue weighted by atomic mass is 10.0. The summed E-state index contributed by atoms with van der Waals surface area (Å²) in [7, 11) is 0. The number of benzene rings is 4. The Balaban J connectivity index is 1.45. The highest BCUT2D eigenvalue weighted by Crippen LogP contribution is 2.29. The van der Waals surface area contributed by atoms with Crippen LogP contribution in [0.4, 0.5) is 0 Å². The fraction of sp³-hybridized carbons (Fsp3) is 0. The normalized spacial score (nSPS) is 10.8. The number of nitrogens with zero attached hydrogens (tertiary/aromatic N) is 5. The smallest absolute Gasteiger partial charge is 0.222 e. The summed E-state index contributed by atoms with van der Waals surface area (Å²) in [6, 6.07) is 38.3. The van der Waals surface area contributed by atoms with Crippen LogP contribution in [0.5, 0.6) is 0 Å². The molecule has 0 N–H and O–H groups in total. The molecule has 0 aliphatic heterocycles. The Kier molecular flexibility index (Phi) is 6.19. The third kappa shape index (κ3) is 4.99. The van der Waals surface area contributed by atoms with Gasteiger partial charge in [0, 0.05) is 28.5 Å². The Bertz CT molecular complexity index is 1670. The summed E-state index contributed by atoms with van der Waals surface area (Å²) in [6.45, 7) is 0. The standard InChI is InChI=1S/C31H20ClN5/c32-31-33-19-18-27(34-31)25-12-7-13-26(20-25)30-36-28(23-10-5-2-6-11-23)35-29(37-30)24-16-14-22(15-17-24)21-8-3-1-4-9-21/h1-20H. The van der Waals surface area contributed by atoms with Crippen LogP contribution in [-0.4, -0.2) is 24.9 Å². The molecule has 0 amide bonds. The summed E-state index contributed by atoms with van der Waals surface area (Å²) in [5, 5.41) is 0.204. The minimum atomic E-state index is 0.204. The Labute approximate surface area is 219 Å². The van der Waals surface area contributed by atoms with Gasteiger partial charge in [-0.05, 0) is 34.9 Å². The second-order valence-electron chi connectivity index (χ2n) is 8.41. The van der Waals surface area contributed by atoms with Gasteiger partial charge in [0.15, 0.2) is 17.5 Å². The van der Waals surface area contributed by atoms with Crippen LogP contribution in [0, 0.1) is 0 Å². The van der Waals surface area contributed by atoms with E-state index in [0.29, 0.717) is 17.5 Å². The van der Waals surface area contributed by atoms with Crippen molar-refractivity contribution in [1.82, 2.24) is 24.9 Å². The van der Waals surface area contributed by atoms with Crippen molar-refractivity contribution >= 4 is 11.6 Å². The van der Waals surface area contributed by atoms with E-state index in [9.17, 15) is 0 Å². The number of rotatable bonds is 5. The third-order valence-electron chi connectivity index (χ3n) is 5.96. The average molecular weight is 498 g/mol. The fourth-order valence-corrected chi connectivity index (χ4v) is 4.25. The van der Waals surface area contributed by atoms with Crippen molar-refractivity contribution in [3.8, 4) is 56.5 Å². The van der Waals surface area contributed by atoms with Gasteiger partial charge in [0.05, 0.1) is 5.69 Å². The van der Waals surface area contributed by atoms with Gasteiger partial charge in [0.25, 0.3) is 0 Å². The van der Waals surface area contributed by atoms with E-state index in [1.54, 1.807) is 6.20 Å². The maximum Gasteiger partial charge on any atom is 0.222 e.